The number of benzene rings is 2. The summed E-state index contributed by atoms with van der Waals surface area (Å²) in [5.41, 5.74) is 2.17. The zero-order chi connectivity index (χ0) is 16.2. The van der Waals surface area contributed by atoms with Crippen molar-refractivity contribution in [1.29, 1.82) is 0 Å². The number of rotatable bonds is 5. The summed E-state index contributed by atoms with van der Waals surface area (Å²) < 4.78 is 10.6. The second-order valence-electron chi connectivity index (χ2n) is 5.00. The van der Waals surface area contributed by atoms with Crippen LogP contribution in [0.2, 0.25) is 0 Å². The van der Waals surface area contributed by atoms with Crippen LogP contribution in [-0.2, 0) is 6.61 Å². The molecule has 0 aliphatic heterocycles. The summed E-state index contributed by atoms with van der Waals surface area (Å²) in [6, 6.07) is 14.0. The molecule has 0 amide bonds. The first-order chi connectivity index (χ1) is 11.1. The Morgan fingerprint density at radius 1 is 1.22 bits per heavy atom. The zero-order valence-electron chi connectivity index (χ0n) is 12.4. The number of carboxylic acid groups (broad SMARTS) is 1. The van der Waals surface area contributed by atoms with Crippen LogP contribution in [0.1, 0.15) is 21.8 Å². The summed E-state index contributed by atoms with van der Waals surface area (Å²) in [6.07, 6.45) is 0. The molecular weight excluding hydrogens is 296 g/mol. The topological polar surface area (TPSA) is 85.5 Å². The molecule has 1 N–H and O–H groups in total. The highest BCUT2D eigenvalue weighted by atomic mass is 16.5. The van der Waals surface area contributed by atoms with Crippen LogP contribution in [0.5, 0.6) is 5.75 Å². The second kappa shape index (κ2) is 6.31. The Morgan fingerprint density at radius 2 is 2.00 bits per heavy atom. The Hall–Kier alpha value is -3.15. The Morgan fingerprint density at radius 3 is 2.74 bits per heavy atom. The molecule has 3 rings (SSSR count). The normalized spacial score (nSPS) is 10.5. The Labute approximate surface area is 132 Å². The van der Waals surface area contributed by atoms with E-state index in [4.69, 9.17) is 14.4 Å². The molecule has 116 valence electrons. The summed E-state index contributed by atoms with van der Waals surface area (Å²) in [7, 11) is 0. The lowest BCUT2D eigenvalue weighted by atomic mass is 10.1. The van der Waals surface area contributed by atoms with Gasteiger partial charge in [0.2, 0.25) is 5.82 Å². The van der Waals surface area contributed by atoms with E-state index in [-0.39, 0.29) is 12.2 Å². The van der Waals surface area contributed by atoms with Gasteiger partial charge < -0.3 is 14.4 Å². The maximum absolute atomic E-state index is 10.9. The van der Waals surface area contributed by atoms with E-state index in [0.717, 1.165) is 11.1 Å². The largest absolute Gasteiger partial charge is 0.484 e. The van der Waals surface area contributed by atoms with E-state index < -0.39 is 5.97 Å². The molecule has 3 aromatic rings. The van der Waals surface area contributed by atoms with Crippen LogP contribution in [0.25, 0.3) is 11.4 Å². The van der Waals surface area contributed by atoms with Crippen LogP contribution in [0, 0.1) is 6.92 Å². The lowest BCUT2D eigenvalue weighted by Crippen LogP contribution is -1.99. The molecule has 0 atom stereocenters. The lowest BCUT2D eigenvalue weighted by molar-refractivity contribution is 0.0696. The minimum Gasteiger partial charge on any atom is -0.484 e. The van der Waals surface area contributed by atoms with Gasteiger partial charge in [-0.2, -0.15) is 4.98 Å². The van der Waals surface area contributed by atoms with E-state index in [1.165, 1.54) is 12.1 Å². The van der Waals surface area contributed by atoms with E-state index in [1.54, 1.807) is 12.1 Å². The number of hydrogen-bond acceptors (Lipinski definition) is 5. The van der Waals surface area contributed by atoms with Gasteiger partial charge in [-0.1, -0.05) is 41.1 Å². The predicted molar refractivity (Wildman–Crippen MR) is 82.2 cm³/mol. The van der Waals surface area contributed by atoms with Gasteiger partial charge in [0.05, 0.1) is 5.56 Å². The highest BCUT2D eigenvalue weighted by molar-refractivity contribution is 5.87. The summed E-state index contributed by atoms with van der Waals surface area (Å²) >= 11 is 0. The third-order valence-corrected chi connectivity index (χ3v) is 3.22. The molecule has 2 aromatic carbocycles. The first-order valence-electron chi connectivity index (χ1n) is 6.97. The van der Waals surface area contributed by atoms with Crippen molar-refractivity contribution in [2.45, 2.75) is 13.5 Å². The van der Waals surface area contributed by atoms with Gasteiger partial charge in [0, 0.05) is 5.56 Å². The minimum absolute atomic E-state index is 0.0714. The van der Waals surface area contributed by atoms with E-state index in [2.05, 4.69) is 10.1 Å². The molecule has 0 spiro atoms. The highest BCUT2D eigenvalue weighted by Gasteiger charge is 2.10. The maximum Gasteiger partial charge on any atom is 0.335 e. The lowest BCUT2D eigenvalue weighted by Gasteiger charge is -2.03. The minimum atomic E-state index is -1.00. The van der Waals surface area contributed by atoms with Gasteiger partial charge in [-0.15, -0.1) is 0 Å². The summed E-state index contributed by atoms with van der Waals surface area (Å²) in [4.78, 5) is 15.2. The predicted octanol–water partition coefficient (Wildman–Crippen LogP) is 3.32. The Kier molecular flexibility index (Phi) is 4.05. The van der Waals surface area contributed by atoms with E-state index in [0.29, 0.717) is 17.5 Å². The zero-order valence-corrected chi connectivity index (χ0v) is 12.4. The van der Waals surface area contributed by atoms with Crippen molar-refractivity contribution in [2.75, 3.05) is 0 Å². The Balaban J connectivity index is 1.69. The molecule has 0 saturated heterocycles. The van der Waals surface area contributed by atoms with E-state index in [1.807, 2.05) is 31.2 Å². The monoisotopic (exact) mass is 310 g/mol. The molecule has 0 bridgehead atoms. The van der Waals surface area contributed by atoms with Crippen molar-refractivity contribution < 1.29 is 19.2 Å². The molecule has 0 saturated carbocycles. The first-order valence-corrected chi connectivity index (χ1v) is 6.97. The van der Waals surface area contributed by atoms with Crippen LogP contribution < -0.4 is 4.74 Å². The van der Waals surface area contributed by atoms with Crippen molar-refractivity contribution in [3.05, 3.63) is 65.5 Å². The number of aromatic nitrogens is 2. The summed E-state index contributed by atoms with van der Waals surface area (Å²) in [5, 5.41) is 12.9. The molecule has 0 radical (unpaired) electrons. The van der Waals surface area contributed by atoms with Crippen LogP contribution in [0.15, 0.2) is 53.1 Å². The molecule has 0 unspecified atom stereocenters. The molecule has 1 aromatic heterocycles. The number of carbonyl (C=O) groups is 1. The number of aryl methyl sites for hydroxylation is 1. The van der Waals surface area contributed by atoms with Crippen LogP contribution in [0.3, 0.4) is 0 Å². The molecule has 23 heavy (non-hydrogen) atoms. The van der Waals surface area contributed by atoms with E-state index in [9.17, 15) is 4.79 Å². The molecule has 6 heteroatoms. The van der Waals surface area contributed by atoms with Crippen molar-refractivity contribution in [3.8, 4) is 17.1 Å². The number of ether oxygens (including phenoxy) is 1. The third kappa shape index (κ3) is 3.55. The fourth-order valence-electron chi connectivity index (χ4n) is 2.00. The van der Waals surface area contributed by atoms with Crippen molar-refractivity contribution in [3.63, 3.8) is 0 Å². The van der Waals surface area contributed by atoms with Crippen molar-refractivity contribution >= 4 is 5.97 Å². The molecule has 6 nitrogen and oxygen atoms in total. The van der Waals surface area contributed by atoms with Gasteiger partial charge in [-0.3, -0.25) is 0 Å². The second-order valence-corrected chi connectivity index (χ2v) is 5.00. The Bertz CT molecular complexity index is 825. The quantitative estimate of drug-likeness (QED) is 0.778. The average Bonchev–Trinajstić information content (AvgIpc) is 3.03. The first kappa shape index (κ1) is 14.8. The van der Waals surface area contributed by atoms with Gasteiger partial charge in [0.25, 0.3) is 5.89 Å². The van der Waals surface area contributed by atoms with E-state index >= 15 is 0 Å². The smallest absolute Gasteiger partial charge is 0.335 e. The fraction of sp³-hybridized carbons (Fsp3) is 0.118. The molecule has 0 aliphatic rings. The van der Waals surface area contributed by atoms with Crippen molar-refractivity contribution in [1.82, 2.24) is 10.1 Å². The van der Waals surface area contributed by atoms with Gasteiger partial charge >= 0.3 is 5.97 Å². The van der Waals surface area contributed by atoms with Gasteiger partial charge in [0.15, 0.2) is 6.61 Å². The molecular formula is C17H14N2O4. The van der Waals surface area contributed by atoms with Gasteiger partial charge in [-0.05, 0) is 25.1 Å². The number of nitrogens with zero attached hydrogens (tertiary/aromatic N) is 2. The average molecular weight is 310 g/mol. The van der Waals surface area contributed by atoms with Gasteiger partial charge in [-0.25, -0.2) is 4.79 Å². The maximum atomic E-state index is 10.9. The number of aromatic carboxylic acids is 1. The van der Waals surface area contributed by atoms with Crippen LogP contribution in [-0.4, -0.2) is 21.2 Å². The standard InChI is InChI=1S/C17H14N2O4/c1-11-5-7-12(8-6-11)16-18-15(23-19-16)10-22-14-4-2-3-13(9-14)17(20)21/h2-9H,10H2,1H3,(H,20,21). The third-order valence-electron chi connectivity index (χ3n) is 3.22. The number of carboxylic acids is 1. The van der Waals surface area contributed by atoms with Crippen LogP contribution >= 0.6 is 0 Å². The number of hydrogen-bond donors (Lipinski definition) is 1. The van der Waals surface area contributed by atoms with Gasteiger partial charge in [0.1, 0.15) is 5.75 Å². The SMILES string of the molecule is Cc1ccc(-c2noc(COc3cccc(C(=O)O)c3)n2)cc1. The highest BCUT2D eigenvalue weighted by Crippen LogP contribution is 2.18. The molecule has 1 heterocycles. The van der Waals surface area contributed by atoms with Crippen LogP contribution in [0.4, 0.5) is 0 Å². The van der Waals surface area contributed by atoms with Crippen molar-refractivity contribution in [2.24, 2.45) is 0 Å². The molecule has 0 fully saturated rings. The molecule has 0 aliphatic carbocycles. The summed E-state index contributed by atoms with van der Waals surface area (Å²) in [5.74, 6) is 0.235. The fourth-order valence-corrected chi connectivity index (χ4v) is 2.00. The summed E-state index contributed by atoms with van der Waals surface area (Å²) in [6.45, 7) is 2.08.